The Morgan fingerprint density at radius 2 is 0.731 bits per heavy atom. The molecule has 0 bridgehead atoms. The van der Waals surface area contributed by atoms with Gasteiger partial charge in [-0.25, -0.2) is 0 Å². The lowest BCUT2D eigenvalue weighted by Gasteiger charge is -2.20. The van der Waals surface area contributed by atoms with Crippen molar-refractivity contribution < 1.29 is 18.9 Å². The molecular weight excluding hydrogens is 332 g/mol. The highest BCUT2D eigenvalue weighted by Gasteiger charge is 2.15. The summed E-state index contributed by atoms with van der Waals surface area (Å²) in [6.45, 7) is 2.96. The van der Waals surface area contributed by atoms with Gasteiger partial charge in [-0.2, -0.15) is 0 Å². The molecule has 3 rings (SSSR count). The normalized spacial score (nSPS) is 14.0. The number of benzene rings is 2. The van der Waals surface area contributed by atoms with Gasteiger partial charge in [0.15, 0.2) is 23.0 Å². The summed E-state index contributed by atoms with van der Waals surface area (Å²) in [5.41, 5.74) is 4.77. The molecule has 1 aliphatic rings. The van der Waals surface area contributed by atoms with Crippen molar-refractivity contribution in [2.75, 3.05) is 28.4 Å². The predicted molar refractivity (Wildman–Crippen MR) is 100 cm³/mol. The largest absolute Gasteiger partial charge is 0.493 e. The Kier molecular flexibility index (Phi) is 5.85. The summed E-state index contributed by atoms with van der Waals surface area (Å²) in [4.78, 5) is 0. The van der Waals surface area contributed by atoms with Crippen LogP contribution in [0.15, 0.2) is 24.3 Å². The van der Waals surface area contributed by atoms with Crippen LogP contribution in [0.2, 0.25) is 0 Å². The Bertz CT molecular complexity index is 649. The van der Waals surface area contributed by atoms with Gasteiger partial charge in [0, 0.05) is 26.2 Å². The zero-order valence-corrected chi connectivity index (χ0v) is 15.8. The van der Waals surface area contributed by atoms with Crippen molar-refractivity contribution in [3.05, 3.63) is 46.5 Å². The molecule has 26 heavy (non-hydrogen) atoms. The van der Waals surface area contributed by atoms with Gasteiger partial charge in [0.25, 0.3) is 0 Å². The summed E-state index contributed by atoms with van der Waals surface area (Å²) in [5, 5.41) is 7.05. The van der Waals surface area contributed by atoms with E-state index in [4.69, 9.17) is 18.9 Å². The molecular formula is C20H26N2O4. The fraction of sp³-hybridized carbons (Fsp3) is 0.400. The Morgan fingerprint density at radius 1 is 0.500 bits per heavy atom. The van der Waals surface area contributed by atoms with E-state index < -0.39 is 0 Å². The van der Waals surface area contributed by atoms with Gasteiger partial charge in [-0.05, 0) is 46.5 Å². The lowest BCUT2D eigenvalue weighted by molar-refractivity contribution is 0.353. The first-order valence-electron chi connectivity index (χ1n) is 8.59. The van der Waals surface area contributed by atoms with Gasteiger partial charge < -0.3 is 29.6 Å². The maximum absolute atomic E-state index is 5.44. The topological polar surface area (TPSA) is 61.0 Å². The second kappa shape index (κ2) is 8.29. The highest BCUT2D eigenvalue weighted by atomic mass is 16.5. The molecule has 0 saturated heterocycles. The van der Waals surface area contributed by atoms with Gasteiger partial charge in [0.2, 0.25) is 0 Å². The first kappa shape index (κ1) is 18.4. The highest BCUT2D eigenvalue weighted by Crippen LogP contribution is 2.33. The molecule has 1 heterocycles. The number of rotatable bonds is 4. The molecule has 0 spiro atoms. The molecule has 0 saturated carbocycles. The minimum atomic E-state index is 0.741. The molecule has 0 fully saturated rings. The molecule has 0 unspecified atom stereocenters. The minimum Gasteiger partial charge on any atom is -0.493 e. The van der Waals surface area contributed by atoms with Crippen LogP contribution in [0.1, 0.15) is 22.3 Å². The molecule has 0 amide bonds. The molecule has 2 aromatic carbocycles. The Labute approximate surface area is 154 Å². The van der Waals surface area contributed by atoms with E-state index in [-0.39, 0.29) is 0 Å². The number of nitrogens with one attached hydrogen (secondary N) is 2. The third kappa shape index (κ3) is 3.71. The van der Waals surface area contributed by atoms with Gasteiger partial charge in [-0.15, -0.1) is 0 Å². The van der Waals surface area contributed by atoms with E-state index in [9.17, 15) is 0 Å². The summed E-state index contributed by atoms with van der Waals surface area (Å²) < 4.78 is 21.8. The van der Waals surface area contributed by atoms with Crippen molar-refractivity contribution in [2.45, 2.75) is 26.2 Å². The zero-order chi connectivity index (χ0) is 18.5. The lowest BCUT2D eigenvalue weighted by Crippen LogP contribution is -2.22. The van der Waals surface area contributed by atoms with E-state index in [0.717, 1.165) is 49.2 Å². The van der Waals surface area contributed by atoms with Crippen LogP contribution in [0.4, 0.5) is 0 Å². The van der Waals surface area contributed by atoms with E-state index >= 15 is 0 Å². The van der Waals surface area contributed by atoms with Crippen molar-refractivity contribution in [3.8, 4) is 23.0 Å². The lowest BCUT2D eigenvalue weighted by atomic mass is 10.0. The maximum Gasteiger partial charge on any atom is 0.161 e. The monoisotopic (exact) mass is 358 g/mol. The smallest absolute Gasteiger partial charge is 0.161 e. The van der Waals surface area contributed by atoms with Gasteiger partial charge >= 0.3 is 0 Å². The van der Waals surface area contributed by atoms with Crippen LogP contribution in [0.5, 0.6) is 23.0 Å². The molecule has 1 aliphatic heterocycles. The number of fused-ring (bicyclic) bond motifs is 2. The number of hydrogen-bond donors (Lipinski definition) is 2. The fourth-order valence-corrected chi connectivity index (χ4v) is 3.25. The summed E-state index contributed by atoms with van der Waals surface area (Å²) in [6, 6.07) is 8.17. The fourth-order valence-electron chi connectivity index (χ4n) is 3.25. The standard InChI is InChI=1S/C20H26N2O4/c1-23-17-5-13-9-21-11-15-7-19(25-3)20(26-4)8-16(15)12-22-10-14(13)6-18(17)24-2/h5-8,21-22H,9-12H2,1-4H3. The summed E-state index contributed by atoms with van der Waals surface area (Å²) >= 11 is 0. The Morgan fingerprint density at radius 3 is 0.923 bits per heavy atom. The third-order valence-electron chi connectivity index (χ3n) is 4.67. The molecule has 0 radical (unpaired) electrons. The highest BCUT2D eigenvalue weighted by molar-refractivity contribution is 5.49. The van der Waals surface area contributed by atoms with Crippen LogP contribution in [-0.4, -0.2) is 28.4 Å². The van der Waals surface area contributed by atoms with Gasteiger partial charge in [-0.3, -0.25) is 0 Å². The van der Waals surface area contributed by atoms with E-state index in [1.54, 1.807) is 28.4 Å². The van der Waals surface area contributed by atoms with Gasteiger partial charge in [-0.1, -0.05) is 0 Å². The summed E-state index contributed by atoms with van der Waals surface area (Å²) in [5.74, 6) is 2.99. The van der Waals surface area contributed by atoms with Crippen LogP contribution < -0.4 is 29.6 Å². The van der Waals surface area contributed by atoms with Crippen molar-refractivity contribution in [1.29, 1.82) is 0 Å². The van der Waals surface area contributed by atoms with Crippen LogP contribution in [0, 0.1) is 0 Å². The average molecular weight is 358 g/mol. The molecule has 6 heteroatoms. The number of methoxy groups -OCH3 is 4. The number of ether oxygens (including phenoxy) is 4. The number of hydrogen-bond acceptors (Lipinski definition) is 6. The third-order valence-corrected chi connectivity index (χ3v) is 4.67. The average Bonchev–Trinajstić information content (AvgIpc) is 2.68. The van der Waals surface area contributed by atoms with Crippen LogP contribution >= 0.6 is 0 Å². The summed E-state index contributed by atoms with van der Waals surface area (Å²) in [6.07, 6.45) is 0. The quantitative estimate of drug-likeness (QED) is 0.876. The van der Waals surface area contributed by atoms with Gasteiger partial charge in [0.05, 0.1) is 28.4 Å². The first-order chi connectivity index (χ1) is 12.7. The molecule has 2 N–H and O–H groups in total. The second-order valence-electron chi connectivity index (χ2n) is 6.16. The summed E-state index contributed by atoms with van der Waals surface area (Å²) in [7, 11) is 6.64. The van der Waals surface area contributed by atoms with Crippen LogP contribution in [-0.2, 0) is 26.2 Å². The Hall–Kier alpha value is -2.44. The SMILES string of the molecule is COc1cc2c(cc1OC)CNCc1cc(OC)c(OC)cc1CNC2. The molecule has 0 aliphatic carbocycles. The first-order valence-corrected chi connectivity index (χ1v) is 8.59. The zero-order valence-electron chi connectivity index (χ0n) is 15.8. The van der Waals surface area contributed by atoms with E-state index in [0.29, 0.717) is 0 Å². The molecule has 6 nitrogen and oxygen atoms in total. The molecule has 0 atom stereocenters. The van der Waals surface area contributed by atoms with E-state index in [1.807, 2.05) is 24.3 Å². The van der Waals surface area contributed by atoms with Crippen LogP contribution in [0.3, 0.4) is 0 Å². The van der Waals surface area contributed by atoms with Crippen LogP contribution in [0.25, 0.3) is 0 Å². The van der Waals surface area contributed by atoms with Crippen molar-refractivity contribution in [3.63, 3.8) is 0 Å². The van der Waals surface area contributed by atoms with Crippen molar-refractivity contribution >= 4 is 0 Å². The van der Waals surface area contributed by atoms with Crippen molar-refractivity contribution in [2.24, 2.45) is 0 Å². The second-order valence-corrected chi connectivity index (χ2v) is 6.16. The minimum absolute atomic E-state index is 0.741. The Balaban J connectivity index is 1.90. The van der Waals surface area contributed by atoms with E-state index in [2.05, 4.69) is 10.6 Å². The molecule has 0 aromatic heterocycles. The van der Waals surface area contributed by atoms with Crippen molar-refractivity contribution in [1.82, 2.24) is 10.6 Å². The van der Waals surface area contributed by atoms with E-state index in [1.165, 1.54) is 22.3 Å². The molecule has 2 aromatic rings. The van der Waals surface area contributed by atoms with Gasteiger partial charge in [0.1, 0.15) is 0 Å². The molecule has 140 valence electrons. The predicted octanol–water partition coefficient (Wildman–Crippen LogP) is 2.61. The maximum atomic E-state index is 5.44.